The summed E-state index contributed by atoms with van der Waals surface area (Å²) in [5.74, 6) is 1.09. The Labute approximate surface area is 156 Å². The number of anilines is 1. The first-order chi connectivity index (χ1) is 12.7. The minimum absolute atomic E-state index is 0.258. The van der Waals surface area contributed by atoms with Crippen molar-refractivity contribution >= 4 is 17.3 Å². The number of hydrogen-bond acceptors (Lipinski definition) is 4. The Morgan fingerprint density at radius 3 is 2.54 bits per heavy atom. The average molecular weight is 372 g/mol. The fourth-order valence-electron chi connectivity index (χ4n) is 3.16. The van der Waals surface area contributed by atoms with E-state index >= 15 is 0 Å². The molecule has 0 saturated carbocycles. The molecule has 1 saturated heterocycles. The number of halogens is 2. The highest BCUT2D eigenvalue weighted by Gasteiger charge is 2.19. The van der Waals surface area contributed by atoms with E-state index in [1.54, 1.807) is 18.3 Å². The van der Waals surface area contributed by atoms with Gasteiger partial charge in [-0.05, 0) is 42.5 Å². The van der Waals surface area contributed by atoms with Crippen molar-refractivity contribution in [2.45, 2.75) is 6.54 Å². The maximum Gasteiger partial charge on any atom is 0.209 e. The average Bonchev–Trinajstić information content (AvgIpc) is 3.11. The molecule has 0 aliphatic carbocycles. The van der Waals surface area contributed by atoms with Gasteiger partial charge in [0, 0.05) is 42.5 Å². The summed E-state index contributed by atoms with van der Waals surface area (Å²) in [5, 5.41) is 0.762. The maximum absolute atomic E-state index is 13.0. The van der Waals surface area contributed by atoms with E-state index in [4.69, 9.17) is 16.0 Å². The van der Waals surface area contributed by atoms with E-state index in [0.29, 0.717) is 18.2 Å². The first-order valence-corrected chi connectivity index (χ1v) is 8.99. The van der Waals surface area contributed by atoms with Crippen LogP contribution in [0.2, 0.25) is 5.02 Å². The van der Waals surface area contributed by atoms with Crippen molar-refractivity contribution in [3.8, 4) is 11.3 Å². The molecule has 6 heteroatoms. The van der Waals surface area contributed by atoms with Crippen LogP contribution in [0.5, 0.6) is 0 Å². The zero-order valence-corrected chi connectivity index (χ0v) is 15.0. The molecule has 3 aromatic rings. The molecule has 0 amide bonds. The molecule has 0 spiro atoms. The van der Waals surface area contributed by atoms with Crippen LogP contribution in [0.1, 0.15) is 5.89 Å². The van der Waals surface area contributed by atoms with Crippen molar-refractivity contribution in [1.82, 2.24) is 9.88 Å². The molecule has 1 aliphatic heterocycles. The topological polar surface area (TPSA) is 32.5 Å². The highest BCUT2D eigenvalue weighted by atomic mass is 35.5. The van der Waals surface area contributed by atoms with E-state index in [0.717, 1.165) is 42.5 Å². The van der Waals surface area contributed by atoms with Gasteiger partial charge < -0.3 is 9.32 Å². The molecule has 4 nitrogen and oxygen atoms in total. The zero-order valence-electron chi connectivity index (χ0n) is 14.2. The molecule has 0 radical (unpaired) electrons. The number of nitrogens with zero attached hydrogens (tertiary/aromatic N) is 3. The minimum atomic E-state index is -0.258. The van der Waals surface area contributed by atoms with Crippen LogP contribution < -0.4 is 4.90 Å². The summed E-state index contributed by atoms with van der Waals surface area (Å²) in [6.07, 6.45) is 1.70. The Bertz CT molecular complexity index is 873. The van der Waals surface area contributed by atoms with E-state index in [1.807, 2.05) is 18.2 Å². The lowest BCUT2D eigenvalue weighted by Crippen LogP contribution is -2.46. The van der Waals surface area contributed by atoms with Crippen LogP contribution >= 0.6 is 11.6 Å². The van der Waals surface area contributed by atoms with Gasteiger partial charge in [0.2, 0.25) is 5.89 Å². The van der Waals surface area contributed by atoms with Gasteiger partial charge in [0.15, 0.2) is 5.76 Å². The number of piperazine rings is 1. The van der Waals surface area contributed by atoms with E-state index in [-0.39, 0.29) is 5.82 Å². The predicted molar refractivity (Wildman–Crippen MR) is 101 cm³/mol. The molecule has 1 aromatic heterocycles. The third-order valence-corrected chi connectivity index (χ3v) is 4.82. The molecule has 1 fully saturated rings. The molecule has 0 N–H and O–H groups in total. The van der Waals surface area contributed by atoms with Gasteiger partial charge in [-0.25, -0.2) is 9.37 Å². The fraction of sp³-hybridized carbons (Fsp3) is 0.250. The first-order valence-electron chi connectivity index (χ1n) is 8.61. The number of benzene rings is 2. The molecular formula is C20H19ClFN3O. The fourth-order valence-corrected chi connectivity index (χ4v) is 3.34. The van der Waals surface area contributed by atoms with Gasteiger partial charge in [0.05, 0.1) is 12.7 Å². The first kappa shape index (κ1) is 17.1. The van der Waals surface area contributed by atoms with Crippen LogP contribution in [-0.2, 0) is 6.54 Å². The van der Waals surface area contributed by atoms with Gasteiger partial charge >= 0.3 is 0 Å². The lowest BCUT2D eigenvalue weighted by molar-refractivity contribution is 0.227. The number of hydrogen-bond donors (Lipinski definition) is 0. The molecule has 0 atom stereocenters. The smallest absolute Gasteiger partial charge is 0.209 e. The van der Waals surface area contributed by atoms with Crippen LogP contribution in [0.4, 0.5) is 10.1 Å². The monoisotopic (exact) mass is 371 g/mol. The molecule has 0 bridgehead atoms. The van der Waals surface area contributed by atoms with Crippen molar-refractivity contribution in [2.24, 2.45) is 0 Å². The van der Waals surface area contributed by atoms with Gasteiger partial charge in [-0.15, -0.1) is 0 Å². The standard InChI is InChI=1S/C20H19ClFN3O/c21-16-2-1-3-18(12-16)25-10-8-24(9-11-25)14-20-23-13-19(26-20)15-4-6-17(22)7-5-15/h1-7,12-13H,8-11,14H2. The third-order valence-electron chi connectivity index (χ3n) is 4.59. The van der Waals surface area contributed by atoms with E-state index in [1.165, 1.54) is 12.1 Å². The summed E-state index contributed by atoms with van der Waals surface area (Å²) >= 11 is 6.08. The normalized spacial score (nSPS) is 15.4. The van der Waals surface area contributed by atoms with Gasteiger partial charge in [-0.3, -0.25) is 4.90 Å². The highest BCUT2D eigenvalue weighted by molar-refractivity contribution is 6.30. The molecule has 26 heavy (non-hydrogen) atoms. The second-order valence-electron chi connectivity index (χ2n) is 6.37. The van der Waals surface area contributed by atoms with Crippen LogP contribution in [-0.4, -0.2) is 36.1 Å². The quantitative estimate of drug-likeness (QED) is 0.678. The van der Waals surface area contributed by atoms with Crippen molar-refractivity contribution < 1.29 is 8.81 Å². The second-order valence-corrected chi connectivity index (χ2v) is 6.80. The lowest BCUT2D eigenvalue weighted by Gasteiger charge is -2.35. The summed E-state index contributed by atoms with van der Waals surface area (Å²) in [6.45, 7) is 4.41. The summed E-state index contributed by atoms with van der Waals surface area (Å²) in [6, 6.07) is 14.2. The van der Waals surface area contributed by atoms with Crippen molar-refractivity contribution in [2.75, 3.05) is 31.1 Å². The molecule has 4 rings (SSSR count). The van der Waals surface area contributed by atoms with E-state index < -0.39 is 0 Å². The Kier molecular flexibility index (Phi) is 4.91. The lowest BCUT2D eigenvalue weighted by atomic mass is 10.2. The van der Waals surface area contributed by atoms with E-state index in [2.05, 4.69) is 20.9 Å². The van der Waals surface area contributed by atoms with Crippen LogP contribution in [0, 0.1) is 5.82 Å². The van der Waals surface area contributed by atoms with Crippen molar-refractivity contribution in [3.63, 3.8) is 0 Å². The van der Waals surface area contributed by atoms with Crippen LogP contribution in [0.25, 0.3) is 11.3 Å². The molecule has 2 heterocycles. The molecule has 134 valence electrons. The van der Waals surface area contributed by atoms with Gasteiger partial charge in [0.25, 0.3) is 0 Å². The predicted octanol–water partition coefficient (Wildman–Crippen LogP) is 4.46. The van der Waals surface area contributed by atoms with Crippen LogP contribution in [0.15, 0.2) is 59.1 Å². The number of oxazole rings is 1. The highest BCUT2D eigenvalue weighted by Crippen LogP contribution is 2.23. The summed E-state index contributed by atoms with van der Waals surface area (Å²) in [5.41, 5.74) is 1.99. The number of rotatable bonds is 4. The van der Waals surface area contributed by atoms with E-state index in [9.17, 15) is 4.39 Å². The Morgan fingerprint density at radius 1 is 1.04 bits per heavy atom. The minimum Gasteiger partial charge on any atom is -0.439 e. The van der Waals surface area contributed by atoms with Gasteiger partial charge in [-0.1, -0.05) is 17.7 Å². The SMILES string of the molecule is Fc1ccc(-c2cnc(CN3CCN(c4cccc(Cl)c4)CC3)o2)cc1. The molecule has 1 aliphatic rings. The van der Waals surface area contributed by atoms with Gasteiger partial charge in [-0.2, -0.15) is 0 Å². The summed E-state index contributed by atoms with van der Waals surface area (Å²) in [4.78, 5) is 9.02. The number of aromatic nitrogens is 1. The van der Waals surface area contributed by atoms with Crippen molar-refractivity contribution in [3.05, 3.63) is 71.5 Å². The Hall–Kier alpha value is -2.37. The largest absolute Gasteiger partial charge is 0.439 e. The Balaban J connectivity index is 1.35. The maximum atomic E-state index is 13.0. The molecule has 0 unspecified atom stereocenters. The van der Waals surface area contributed by atoms with Crippen LogP contribution in [0.3, 0.4) is 0 Å². The van der Waals surface area contributed by atoms with Gasteiger partial charge in [0.1, 0.15) is 5.82 Å². The Morgan fingerprint density at radius 2 is 1.81 bits per heavy atom. The third kappa shape index (κ3) is 3.89. The second kappa shape index (κ2) is 7.48. The summed E-state index contributed by atoms with van der Waals surface area (Å²) in [7, 11) is 0. The van der Waals surface area contributed by atoms with Crippen molar-refractivity contribution in [1.29, 1.82) is 0 Å². The molecular weight excluding hydrogens is 353 g/mol. The molecule has 2 aromatic carbocycles. The summed E-state index contributed by atoms with van der Waals surface area (Å²) < 4.78 is 18.9. The zero-order chi connectivity index (χ0) is 17.9.